The van der Waals surface area contributed by atoms with Crippen LogP contribution in [0.1, 0.15) is 17.2 Å². The number of aliphatic hydroxyl groups excluding tert-OH is 1. The Hall–Kier alpha value is -3.46. The van der Waals surface area contributed by atoms with Crippen LogP contribution in [0.5, 0.6) is 17.2 Å². The average Bonchev–Trinajstić information content (AvgIpc) is 3.13. The molecule has 1 fully saturated rings. The van der Waals surface area contributed by atoms with Crippen molar-refractivity contribution in [1.29, 1.82) is 0 Å². The van der Waals surface area contributed by atoms with Crippen LogP contribution in [0, 0.1) is 5.82 Å². The van der Waals surface area contributed by atoms with Gasteiger partial charge in [0.15, 0.2) is 11.5 Å². The summed E-state index contributed by atoms with van der Waals surface area (Å²) in [6.07, 6.45) is 0. The topological polar surface area (TPSA) is 85.3 Å². The standard InChI is InChI=1S/C26H19Cl3FNO6/c1-35-18-9-8-12(10-15(18)27)31-21(13-6-4-5-7-17(13)30)19(23(33)26(31)34)22(32)14-11-16(28)25(37-3)20(29)24(14)36-2/h4-11,21,32H,1-3H3/b22-19+. The van der Waals surface area contributed by atoms with Crippen molar-refractivity contribution in [2.75, 3.05) is 26.2 Å². The van der Waals surface area contributed by atoms with E-state index in [9.17, 15) is 14.7 Å². The lowest BCUT2D eigenvalue weighted by Gasteiger charge is -2.26. The second-order valence-corrected chi connectivity index (χ2v) is 8.99. The largest absolute Gasteiger partial charge is 0.507 e. The molecular formula is C26H19Cl3FNO6. The molecule has 0 saturated carbocycles. The number of aliphatic hydroxyl groups is 1. The van der Waals surface area contributed by atoms with Crippen molar-refractivity contribution in [2.24, 2.45) is 0 Å². The van der Waals surface area contributed by atoms with Crippen LogP contribution in [0.3, 0.4) is 0 Å². The van der Waals surface area contributed by atoms with Crippen molar-refractivity contribution in [2.45, 2.75) is 6.04 Å². The van der Waals surface area contributed by atoms with Crippen LogP contribution in [0.15, 0.2) is 54.1 Å². The molecule has 0 radical (unpaired) electrons. The number of methoxy groups -OCH3 is 3. The van der Waals surface area contributed by atoms with Crippen LogP contribution >= 0.6 is 34.8 Å². The molecule has 3 aromatic rings. The first kappa shape index (κ1) is 26.6. The molecule has 1 amide bonds. The number of nitrogens with zero attached hydrogens (tertiary/aromatic N) is 1. The third kappa shape index (κ3) is 4.45. The molecule has 1 aliphatic heterocycles. The second kappa shape index (κ2) is 10.5. The summed E-state index contributed by atoms with van der Waals surface area (Å²) in [5, 5.41) is 11.5. The van der Waals surface area contributed by atoms with Crippen molar-refractivity contribution in [3.05, 3.63) is 86.1 Å². The van der Waals surface area contributed by atoms with Crippen LogP contribution in [0.2, 0.25) is 15.1 Å². The van der Waals surface area contributed by atoms with Crippen LogP contribution in [-0.4, -0.2) is 38.1 Å². The number of anilines is 1. The molecular weight excluding hydrogens is 548 g/mol. The van der Waals surface area contributed by atoms with Gasteiger partial charge >= 0.3 is 0 Å². The molecule has 4 rings (SSSR count). The first-order valence-corrected chi connectivity index (χ1v) is 11.8. The SMILES string of the molecule is COc1ccc(N2C(=O)C(=O)/C(=C(/O)c3cc(Cl)c(OC)c(Cl)c3OC)C2c2ccccc2F)cc1Cl. The number of amides is 1. The number of hydrogen-bond donors (Lipinski definition) is 1. The predicted molar refractivity (Wildman–Crippen MR) is 139 cm³/mol. The summed E-state index contributed by atoms with van der Waals surface area (Å²) in [7, 11) is 4.05. The summed E-state index contributed by atoms with van der Waals surface area (Å²) in [4.78, 5) is 27.8. The Labute approximate surface area is 226 Å². The highest BCUT2D eigenvalue weighted by molar-refractivity contribution is 6.52. The average molecular weight is 567 g/mol. The summed E-state index contributed by atoms with van der Waals surface area (Å²) >= 11 is 18.9. The lowest BCUT2D eigenvalue weighted by Crippen LogP contribution is -2.29. The molecule has 11 heteroatoms. The number of halogens is 4. The predicted octanol–water partition coefficient (Wildman–Crippen LogP) is 6.44. The summed E-state index contributed by atoms with van der Waals surface area (Å²) < 4.78 is 30.8. The van der Waals surface area contributed by atoms with Crippen LogP contribution in [-0.2, 0) is 9.59 Å². The van der Waals surface area contributed by atoms with Gasteiger partial charge in [0, 0.05) is 11.3 Å². The van der Waals surface area contributed by atoms with Gasteiger partial charge in [-0.05, 0) is 30.3 Å². The van der Waals surface area contributed by atoms with Crippen molar-refractivity contribution < 1.29 is 33.3 Å². The zero-order valence-electron chi connectivity index (χ0n) is 19.6. The van der Waals surface area contributed by atoms with Gasteiger partial charge in [0.2, 0.25) is 0 Å². The van der Waals surface area contributed by atoms with Gasteiger partial charge in [-0.25, -0.2) is 4.39 Å². The maximum Gasteiger partial charge on any atom is 0.300 e. The normalized spacial score (nSPS) is 16.7. The fourth-order valence-electron chi connectivity index (χ4n) is 4.19. The molecule has 3 aromatic carbocycles. The second-order valence-electron chi connectivity index (χ2n) is 7.80. The van der Waals surface area contributed by atoms with Crippen LogP contribution in [0.4, 0.5) is 10.1 Å². The molecule has 0 bridgehead atoms. The number of rotatable bonds is 6. The Morgan fingerprint density at radius 1 is 0.919 bits per heavy atom. The van der Waals surface area contributed by atoms with Crippen LogP contribution < -0.4 is 19.1 Å². The third-order valence-electron chi connectivity index (χ3n) is 5.85. The quantitative estimate of drug-likeness (QED) is 0.210. The minimum Gasteiger partial charge on any atom is -0.507 e. The molecule has 1 unspecified atom stereocenters. The first-order chi connectivity index (χ1) is 17.7. The van der Waals surface area contributed by atoms with Gasteiger partial charge in [0.25, 0.3) is 11.7 Å². The molecule has 1 saturated heterocycles. The van der Waals surface area contributed by atoms with E-state index >= 15 is 4.39 Å². The van der Waals surface area contributed by atoms with E-state index in [4.69, 9.17) is 49.0 Å². The van der Waals surface area contributed by atoms with Crippen LogP contribution in [0.25, 0.3) is 5.76 Å². The van der Waals surface area contributed by atoms with E-state index in [0.29, 0.717) is 5.75 Å². The van der Waals surface area contributed by atoms with Gasteiger partial charge in [0.05, 0.1) is 48.6 Å². The van der Waals surface area contributed by atoms with Gasteiger partial charge in [-0.1, -0.05) is 53.0 Å². The molecule has 1 heterocycles. The Morgan fingerprint density at radius 2 is 1.59 bits per heavy atom. The molecule has 1 aliphatic rings. The Bertz CT molecular complexity index is 1460. The van der Waals surface area contributed by atoms with Crippen molar-refractivity contribution in [3.63, 3.8) is 0 Å². The van der Waals surface area contributed by atoms with E-state index in [2.05, 4.69) is 0 Å². The summed E-state index contributed by atoms with van der Waals surface area (Å²) in [6.45, 7) is 0. The van der Waals surface area contributed by atoms with E-state index in [1.807, 2.05) is 0 Å². The number of carbonyl (C=O) groups excluding carboxylic acids is 2. The van der Waals surface area contributed by atoms with Gasteiger partial charge < -0.3 is 19.3 Å². The highest BCUT2D eigenvalue weighted by Gasteiger charge is 2.48. The summed E-state index contributed by atoms with van der Waals surface area (Å²) in [6, 6.07) is 9.89. The molecule has 7 nitrogen and oxygen atoms in total. The van der Waals surface area contributed by atoms with E-state index in [1.54, 1.807) is 6.07 Å². The van der Waals surface area contributed by atoms with Crippen molar-refractivity contribution in [3.8, 4) is 17.2 Å². The van der Waals surface area contributed by atoms with Gasteiger partial charge in [-0.15, -0.1) is 0 Å². The number of Topliss-reactive ketones (excluding diaryl/α,β-unsaturated/α-hetero) is 1. The monoisotopic (exact) mass is 565 g/mol. The number of carbonyl (C=O) groups is 2. The lowest BCUT2D eigenvalue weighted by atomic mass is 9.94. The maximum atomic E-state index is 15.1. The summed E-state index contributed by atoms with van der Waals surface area (Å²) in [5.74, 6) is -3.11. The van der Waals surface area contributed by atoms with Gasteiger partial charge in [-0.3, -0.25) is 14.5 Å². The maximum absolute atomic E-state index is 15.1. The van der Waals surface area contributed by atoms with E-state index in [1.165, 1.54) is 63.8 Å². The highest BCUT2D eigenvalue weighted by Crippen LogP contribution is 2.48. The Balaban J connectivity index is 2.03. The Morgan fingerprint density at radius 3 is 2.19 bits per heavy atom. The number of ether oxygens (including phenoxy) is 3. The lowest BCUT2D eigenvalue weighted by molar-refractivity contribution is -0.132. The first-order valence-electron chi connectivity index (χ1n) is 10.7. The third-order valence-corrected chi connectivity index (χ3v) is 6.77. The fraction of sp³-hybridized carbons (Fsp3) is 0.154. The molecule has 1 N–H and O–H groups in total. The van der Waals surface area contributed by atoms with Gasteiger partial charge in [0.1, 0.15) is 22.3 Å². The highest BCUT2D eigenvalue weighted by atomic mass is 35.5. The van der Waals surface area contributed by atoms with E-state index in [0.717, 1.165) is 4.90 Å². The molecule has 0 spiro atoms. The van der Waals surface area contributed by atoms with Crippen molar-refractivity contribution in [1.82, 2.24) is 0 Å². The minimum absolute atomic E-state index is 0.00783. The van der Waals surface area contributed by atoms with Gasteiger partial charge in [-0.2, -0.15) is 0 Å². The Kier molecular flexibility index (Phi) is 7.54. The molecule has 1 atom stereocenters. The zero-order chi connectivity index (χ0) is 27.0. The van der Waals surface area contributed by atoms with E-state index in [-0.39, 0.29) is 43.4 Å². The molecule has 37 heavy (non-hydrogen) atoms. The fourth-order valence-corrected chi connectivity index (χ4v) is 5.13. The molecule has 0 aliphatic carbocycles. The summed E-state index contributed by atoms with van der Waals surface area (Å²) in [5.41, 5.74) is -0.360. The molecule has 192 valence electrons. The number of ketones is 1. The number of hydrogen-bond acceptors (Lipinski definition) is 6. The van der Waals surface area contributed by atoms with Crippen molar-refractivity contribution >= 4 is 57.9 Å². The smallest absolute Gasteiger partial charge is 0.300 e. The minimum atomic E-state index is -1.37. The zero-order valence-corrected chi connectivity index (χ0v) is 21.9. The number of benzene rings is 3. The molecule has 0 aromatic heterocycles. The van der Waals surface area contributed by atoms with E-state index < -0.39 is 34.9 Å².